The van der Waals surface area contributed by atoms with Crippen LogP contribution in [0.2, 0.25) is 0 Å². The number of para-hydroxylation sites is 1. The summed E-state index contributed by atoms with van der Waals surface area (Å²) < 4.78 is 5.19. The number of methoxy groups -OCH3 is 1. The molecule has 0 atom stereocenters. The van der Waals surface area contributed by atoms with Gasteiger partial charge in [-0.1, -0.05) is 24.3 Å². The number of benzene rings is 2. The van der Waals surface area contributed by atoms with Crippen LogP contribution in [0.3, 0.4) is 0 Å². The third-order valence-corrected chi connectivity index (χ3v) is 5.09. The van der Waals surface area contributed by atoms with Crippen LogP contribution in [0.5, 0.6) is 5.75 Å². The molecule has 1 saturated heterocycles. The fraction of sp³-hybridized carbons (Fsp3) is 0.381. The highest BCUT2D eigenvalue weighted by Crippen LogP contribution is 2.25. The molecule has 7 heteroatoms. The molecule has 0 unspecified atom stereocenters. The third-order valence-electron chi connectivity index (χ3n) is 5.09. The van der Waals surface area contributed by atoms with Gasteiger partial charge in [-0.15, -0.1) is 0 Å². The van der Waals surface area contributed by atoms with E-state index >= 15 is 0 Å². The molecule has 3 rings (SSSR count). The average Bonchev–Trinajstić information content (AvgIpc) is 2.93. The maximum absolute atomic E-state index is 13.0. The van der Waals surface area contributed by atoms with Gasteiger partial charge in [0.25, 0.3) is 11.6 Å². The quantitative estimate of drug-likeness (QED) is 0.585. The molecule has 0 bridgehead atoms. The summed E-state index contributed by atoms with van der Waals surface area (Å²) in [5, 5.41) is 11.4. The van der Waals surface area contributed by atoms with E-state index in [1.54, 1.807) is 37.1 Å². The van der Waals surface area contributed by atoms with Crippen LogP contribution in [-0.2, 0) is 6.54 Å². The summed E-state index contributed by atoms with van der Waals surface area (Å²) in [5.74, 6) is 0.567. The SMILES string of the molecule is COc1ccc(CN2CCCN(C(=O)c3cccc(C)c3[N+](=O)[O-])CC2)cc1. The van der Waals surface area contributed by atoms with Crippen molar-refractivity contribution in [2.75, 3.05) is 33.3 Å². The molecule has 1 fully saturated rings. The summed E-state index contributed by atoms with van der Waals surface area (Å²) in [6.45, 7) is 5.23. The zero-order chi connectivity index (χ0) is 20.1. The van der Waals surface area contributed by atoms with E-state index in [4.69, 9.17) is 4.74 Å². The molecule has 1 amide bonds. The summed E-state index contributed by atoms with van der Waals surface area (Å²) in [6.07, 6.45) is 0.835. The Bertz CT molecular complexity index is 851. The van der Waals surface area contributed by atoms with Crippen molar-refractivity contribution in [3.8, 4) is 5.75 Å². The summed E-state index contributed by atoms with van der Waals surface area (Å²) in [6, 6.07) is 12.9. The van der Waals surface area contributed by atoms with Gasteiger partial charge in [0.1, 0.15) is 11.3 Å². The first kappa shape index (κ1) is 19.8. The third kappa shape index (κ3) is 4.48. The number of carbonyl (C=O) groups excluding carboxylic acids is 1. The Morgan fingerprint density at radius 2 is 1.86 bits per heavy atom. The van der Waals surface area contributed by atoms with E-state index in [1.807, 2.05) is 24.3 Å². The summed E-state index contributed by atoms with van der Waals surface area (Å²) in [7, 11) is 1.65. The normalized spacial score (nSPS) is 15.1. The molecule has 1 aliphatic heterocycles. The molecule has 0 saturated carbocycles. The van der Waals surface area contributed by atoms with E-state index in [-0.39, 0.29) is 17.2 Å². The largest absolute Gasteiger partial charge is 0.497 e. The van der Waals surface area contributed by atoms with Crippen LogP contribution in [0.4, 0.5) is 5.69 Å². The van der Waals surface area contributed by atoms with Crippen LogP contribution in [0.25, 0.3) is 0 Å². The number of amides is 1. The van der Waals surface area contributed by atoms with Gasteiger partial charge in [-0.2, -0.15) is 0 Å². The Balaban J connectivity index is 1.67. The average molecular weight is 383 g/mol. The van der Waals surface area contributed by atoms with Crippen LogP contribution >= 0.6 is 0 Å². The van der Waals surface area contributed by atoms with Gasteiger partial charge in [-0.05, 0) is 37.1 Å². The maximum atomic E-state index is 13.0. The fourth-order valence-corrected chi connectivity index (χ4v) is 3.57. The van der Waals surface area contributed by atoms with E-state index in [0.717, 1.165) is 31.8 Å². The van der Waals surface area contributed by atoms with Crippen molar-refractivity contribution >= 4 is 11.6 Å². The number of carbonyl (C=O) groups is 1. The Labute approximate surface area is 164 Å². The Hall–Kier alpha value is -2.93. The molecule has 0 radical (unpaired) electrons. The van der Waals surface area contributed by atoms with Crippen molar-refractivity contribution in [2.45, 2.75) is 19.9 Å². The lowest BCUT2D eigenvalue weighted by atomic mass is 10.1. The van der Waals surface area contributed by atoms with Crippen molar-refractivity contribution in [2.24, 2.45) is 0 Å². The van der Waals surface area contributed by atoms with Crippen LogP contribution in [-0.4, -0.2) is 53.9 Å². The molecule has 1 aliphatic rings. The van der Waals surface area contributed by atoms with Crippen LogP contribution in [0.15, 0.2) is 42.5 Å². The molecular formula is C21H25N3O4. The minimum absolute atomic E-state index is 0.0909. The standard InChI is InChI=1S/C21H25N3O4/c1-16-5-3-6-19(20(16)24(26)27)21(25)23-12-4-11-22(13-14-23)15-17-7-9-18(28-2)10-8-17/h3,5-10H,4,11-15H2,1-2H3. The van der Waals surface area contributed by atoms with Crippen LogP contribution in [0, 0.1) is 17.0 Å². The second-order valence-corrected chi connectivity index (χ2v) is 7.00. The molecule has 2 aromatic carbocycles. The molecule has 0 spiro atoms. The number of hydrogen-bond acceptors (Lipinski definition) is 5. The number of rotatable bonds is 5. The van der Waals surface area contributed by atoms with Crippen molar-refractivity contribution in [3.63, 3.8) is 0 Å². The van der Waals surface area contributed by atoms with Gasteiger partial charge in [0.2, 0.25) is 0 Å². The van der Waals surface area contributed by atoms with E-state index in [0.29, 0.717) is 18.7 Å². The second-order valence-electron chi connectivity index (χ2n) is 7.00. The molecule has 0 N–H and O–H groups in total. The van der Waals surface area contributed by atoms with E-state index in [9.17, 15) is 14.9 Å². The van der Waals surface area contributed by atoms with Gasteiger partial charge < -0.3 is 9.64 Å². The molecule has 2 aromatic rings. The highest BCUT2D eigenvalue weighted by atomic mass is 16.6. The summed E-state index contributed by atoms with van der Waals surface area (Å²) in [5.41, 5.74) is 1.78. The fourth-order valence-electron chi connectivity index (χ4n) is 3.57. The highest BCUT2D eigenvalue weighted by Gasteiger charge is 2.27. The van der Waals surface area contributed by atoms with Gasteiger partial charge in [0, 0.05) is 38.3 Å². The first-order valence-electron chi connectivity index (χ1n) is 9.38. The van der Waals surface area contributed by atoms with E-state index < -0.39 is 4.92 Å². The second kappa shape index (κ2) is 8.84. The van der Waals surface area contributed by atoms with Crippen molar-refractivity contribution < 1.29 is 14.5 Å². The molecule has 148 valence electrons. The number of nitro benzene ring substituents is 1. The Kier molecular flexibility index (Phi) is 6.26. The lowest BCUT2D eigenvalue weighted by Crippen LogP contribution is -2.35. The lowest BCUT2D eigenvalue weighted by molar-refractivity contribution is -0.385. The highest BCUT2D eigenvalue weighted by molar-refractivity contribution is 5.98. The molecule has 0 aromatic heterocycles. The summed E-state index contributed by atoms with van der Waals surface area (Å²) >= 11 is 0. The van der Waals surface area contributed by atoms with Crippen molar-refractivity contribution in [1.29, 1.82) is 0 Å². The molecule has 7 nitrogen and oxygen atoms in total. The maximum Gasteiger partial charge on any atom is 0.285 e. The minimum Gasteiger partial charge on any atom is -0.497 e. The first-order chi connectivity index (χ1) is 13.5. The van der Waals surface area contributed by atoms with Crippen LogP contribution in [0.1, 0.15) is 27.9 Å². The van der Waals surface area contributed by atoms with E-state index in [1.165, 1.54) is 5.56 Å². The van der Waals surface area contributed by atoms with Crippen LogP contribution < -0.4 is 4.74 Å². The first-order valence-corrected chi connectivity index (χ1v) is 9.38. The van der Waals surface area contributed by atoms with Gasteiger partial charge in [-0.25, -0.2) is 0 Å². The Morgan fingerprint density at radius 1 is 1.11 bits per heavy atom. The smallest absolute Gasteiger partial charge is 0.285 e. The minimum atomic E-state index is -0.462. The zero-order valence-corrected chi connectivity index (χ0v) is 16.3. The molecular weight excluding hydrogens is 358 g/mol. The molecule has 0 aliphatic carbocycles. The van der Waals surface area contributed by atoms with Crippen molar-refractivity contribution in [3.05, 3.63) is 69.3 Å². The van der Waals surface area contributed by atoms with Gasteiger partial charge >= 0.3 is 0 Å². The van der Waals surface area contributed by atoms with Crippen molar-refractivity contribution in [1.82, 2.24) is 9.80 Å². The van der Waals surface area contributed by atoms with Gasteiger partial charge in [0.05, 0.1) is 12.0 Å². The lowest BCUT2D eigenvalue weighted by Gasteiger charge is -2.22. The molecule has 28 heavy (non-hydrogen) atoms. The van der Waals surface area contributed by atoms with Gasteiger partial charge in [0.15, 0.2) is 0 Å². The number of nitro groups is 1. The van der Waals surface area contributed by atoms with E-state index in [2.05, 4.69) is 4.90 Å². The van der Waals surface area contributed by atoms with Gasteiger partial charge in [-0.3, -0.25) is 19.8 Å². The number of ether oxygens (including phenoxy) is 1. The topological polar surface area (TPSA) is 75.9 Å². The zero-order valence-electron chi connectivity index (χ0n) is 16.3. The number of aryl methyl sites for hydroxylation is 1. The number of hydrogen-bond donors (Lipinski definition) is 0. The predicted octanol–water partition coefficient (Wildman–Crippen LogP) is 3.26. The Morgan fingerprint density at radius 3 is 2.54 bits per heavy atom. The monoisotopic (exact) mass is 383 g/mol. The summed E-state index contributed by atoms with van der Waals surface area (Å²) in [4.78, 5) is 27.9. The molecule has 1 heterocycles. The predicted molar refractivity (Wildman–Crippen MR) is 107 cm³/mol. The number of nitrogens with zero attached hydrogens (tertiary/aromatic N) is 3.